The number of hydrogen-bond donors (Lipinski definition) is 5. The Morgan fingerprint density at radius 2 is 1.56 bits per heavy atom. The van der Waals surface area contributed by atoms with Crippen LogP contribution in [0.5, 0.6) is 0 Å². The first-order chi connectivity index (χ1) is 34.0. The van der Waals surface area contributed by atoms with Crippen molar-refractivity contribution in [3.63, 3.8) is 0 Å². The molecule has 1 atom stereocenters. The predicted octanol–water partition coefficient (Wildman–Crippen LogP) is 5.72. The van der Waals surface area contributed by atoms with Crippen LogP contribution >= 0.6 is 11.6 Å². The monoisotopic (exact) mass is 977 g/mol. The summed E-state index contributed by atoms with van der Waals surface area (Å²) < 4.78 is 46.6. The highest BCUT2D eigenvalue weighted by Crippen LogP contribution is 2.36. The van der Waals surface area contributed by atoms with Crippen molar-refractivity contribution in [2.24, 2.45) is 4.99 Å². The molecule has 0 bridgehead atoms. The van der Waals surface area contributed by atoms with Crippen molar-refractivity contribution in [2.75, 3.05) is 69.9 Å². The summed E-state index contributed by atoms with van der Waals surface area (Å²) in [4.78, 5) is 77.7. The van der Waals surface area contributed by atoms with Crippen molar-refractivity contribution in [1.29, 1.82) is 0 Å². The van der Waals surface area contributed by atoms with E-state index in [9.17, 15) is 32.8 Å². The van der Waals surface area contributed by atoms with Gasteiger partial charge in [-0.2, -0.15) is 0 Å². The molecular formula is C50H50ClF2N9O8. The fraction of sp³-hybridized carbons (Fsp3) is 0.320. The van der Waals surface area contributed by atoms with E-state index in [4.69, 9.17) is 30.8 Å². The Bertz CT molecular complexity index is 2780. The quantitative estimate of drug-likeness (QED) is 0.0416. The Balaban J connectivity index is 0.655. The molecule has 3 aliphatic heterocycles. The molecule has 5 amide bonds. The largest absolute Gasteiger partial charge is 0.378 e. The Labute approximate surface area is 406 Å². The standard InChI is InChI=1S/C50H50ClF2N9O8/c51-32-11-14-34-36(26-32)46(44-38(52)5-2-6-39(44)53)56-27-31-28-57-50(61-45(31)34)58-33-12-9-30(10-13-33)47(65)55-19-21-69-23-25-70-24-22-68-20-18-54-17-3-8-42(63)59-40-7-1-4-35-37(40)29-62(49(35)67)41-15-16-43(64)60-48(41)66/h1-2,4-7,9-14,26,28,41,54H,3,8,15-25,27,29H2,(H,55,65)(H,59,63)(H,57,58,61)(H,60,64,66). The molecule has 1 aromatic heterocycles. The number of anilines is 3. The summed E-state index contributed by atoms with van der Waals surface area (Å²) in [6.45, 7) is 4.05. The van der Waals surface area contributed by atoms with E-state index in [1.807, 2.05) is 0 Å². The van der Waals surface area contributed by atoms with Crippen molar-refractivity contribution >= 4 is 64.2 Å². The molecule has 4 aromatic carbocycles. The zero-order chi connectivity index (χ0) is 49.0. The Hall–Kier alpha value is -7.03. The summed E-state index contributed by atoms with van der Waals surface area (Å²) in [6, 6.07) is 19.9. The van der Waals surface area contributed by atoms with E-state index in [1.54, 1.807) is 66.9 Å². The number of carbonyl (C=O) groups excluding carboxylic acids is 5. The van der Waals surface area contributed by atoms with Crippen LogP contribution in [0.15, 0.2) is 90.1 Å². The minimum Gasteiger partial charge on any atom is -0.378 e. The second-order valence-electron chi connectivity index (χ2n) is 16.4. The van der Waals surface area contributed by atoms with E-state index in [0.717, 1.165) is 0 Å². The lowest BCUT2D eigenvalue weighted by atomic mass is 9.95. The smallest absolute Gasteiger partial charge is 0.255 e. The number of fused-ring (bicyclic) bond motifs is 4. The molecule has 5 N–H and O–H groups in total. The molecule has 364 valence electrons. The Morgan fingerprint density at radius 1 is 0.829 bits per heavy atom. The second-order valence-corrected chi connectivity index (χ2v) is 16.9. The van der Waals surface area contributed by atoms with Gasteiger partial charge in [0.25, 0.3) is 11.8 Å². The van der Waals surface area contributed by atoms with E-state index in [0.29, 0.717) is 121 Å². The van der Waals surface area contributed by atoms with Gasteiger partial charge in [-0.15, -0.1) is 0 Å². The van der Waals surface area contributed by atoms with Crippen LogP contribution in [0.3, 0.4) is 0 Å². The molecule has 70 heavy (non-hydrogen) atoms. The number of amides is 5. The number of nitrogens with one attached hydrogen (secondary N) is 5. The van der Waals surface area contributed by atoms with E-state index in [1.165, 1.54) is 23.1 Å². The van der Waals surface area contributed by atoms with Gasteiger partial charge >= 0.3 is 0 Å². The molecule has 1 unspecified atom stereocenters. The summed E-state index contributed by atoms with van der Waals surface area (Å²) in [7, 11) is 0. The number of aromatic nitrogens is 2. The van der Waals surface area contributed by atoms with E-state index < -0.39 is 23.6 Å². The molecule has 1 saturated heterocycles. The summed E-state index contributed by atoms with van der Waals surface area (Å²) >= 11 is 6.34. The first-order valence-electron chi connectivity index (χ1n) is 22.8. The lowest BCUT2D eigenvalue weighted by Crippen LogP contribution is -2.52. The fourth-order valence-corrected chi connectivity index (χ4v) is 8.37. The zero-order valence-corrected chi connectivity index (χ0v) is 38.7. The summed E-state index contributed by atoms with van der Waals surface area (Å²) in [5.41, 5.74) is 4.82. The van der Waals surface area contributed by atoms with Gasteiger partial charge in [-0.3, -0.25) is 34.3 Å². The van der Waals surface area contributed by atoms with Crippen LogP contribution in [0, 0.1) is 11.6 Å². The van der Waals surface area contributed by atoms with Crippen LogP contribution in [-0.2, 0) is 41.7 Å². The van der Waals surface area contributed by atoms with E-state index in [2.05, 4.69) is 36.6 Å². The van der Waals surface area contributed by atoms with Gasteiger partial charge in [0.1, 0.15) is 17.7 Å². The number of aliphatic imine (C=N–C) groups is 1. The minimum absolute atomic E-state index is 0.0882. The van der Waals surface area contributed by atoms with Gasteiger partial charge in [0, 0.05) is 88.5 Å². The fourth-order valence-electron chi connectivity index (χ4n) is 8.20. The number of piperidine rings is 1. The number of halogens is 3. The van der Waals surface area contributed by atoms with E-state index >= 15 is 0 Å². The number of nitrogens with zero attached hydrogens (tertiary/aromatic N) is 4. The highest BCUT2D eigenvalue weighted by atomic mass is 35.5. The normalized spacial score (nSPS) is 15.1. The first-order valence-corrected chi connectivity index (χ1v) is 23.2. The number of carbonyl (C=O) groups is 5. The number of rotatable bonds is 22. The maximum absolute atomic E-state index is 14.9. The van der Waals surface area contributed by atoms with Gasteiger partial charge in [0.05, 0.1) is 63.2 Å². The molecule has 8 rings (SSSR count). The van der Waals surface area contributed by atoms with Crippen LogP contribution in [0.1, 0.15) is 68.7 Å². The maximum atomic E-state index is 14.9. The molecular weight excluding hydrogens is 928 g/mol. The predicted molar refractivity (Wildman–Crippen MR) is 256 cm³/mol. The van der Waals surface area contributed by atoms with Crippen LogP contribution in [-0.4, -0.2) is 115 Å². The molecule has 0 spiro atoms. The van der Waals surface area contributed by atoms with Crippen molar-refractivity contribution in [1.82, 2.24) is 30.8 Å². The average molecular weight is 978 g/mol. The molecule has 3 aliphatic rings. The third-order valence-corrected chi connectivity index (χ3v) is 11.9. The van der Waals surface area contributed by atoms with Gasteiger partial charge in [0.15, 0.2) is 0 Å². The molecule has 4 heterocycles. The van der Waals surface area contributed by atoms with Crippen LogP contribution in [0.25, 0.3) is 11.3 Å². The Morgan fingerprint density at radius 3 is 2.31 bits per heavy atom. The van der Waals surface area contributed by atoms with Crippen molar-refractivity contribution in [2.45, 2.75) is 44.8 Å². The first kappa shape index (κ1) is 49.4. The van der Waals surface area contributed by atoms with Crippen LogP contribution in [0.4, 0.5) is 26.1 Å². The number of benzene rings is 4. The number of imide groups is 1. The third-order valence-electron chi connectivity index (χ3n) is 11.7. The van der Waals surface area contributed by atoms with Crippen LogP contribution in [0.2, 0.25) is 5.02 Å². The lowest BCUT2D eigenvalue weighted by molar-refractivity contribution is -0.137. The molecule has 20 heteroatoms. The van der Waals surface area contributed by atoms with Crippen molar-refractivity contribution < 1.29 is 47.0 Å². The summed E-state index contributed by atoms with van der Waals surface area (Å²) in [5.74, 6) is -2.79. The SMILES string of the molecule is O=C1CCC(N2Cc3c(NC(=O)CCCNCCOCCOCCOCCNC(=O)c4ccc(Nc5ncc6c(n5)-c5ccc(Cl)cc5C(c5c(F)cccc5F)=NC6)cc4)cccc3C2=O)C(=O)N1. The average Bonchev–Trinajstić information content (AvgIpc) is 3.60. The molecule has 5 aromatic rings. The van der Waals surface area contributed by atoms with Crippen molar-refractivity contribution in [3.8, 4) is 11.3 Å². The van der Waals surface area contributed by atoms with Crippen LogP contribution < -0.4 is 26.6 Å². The van der Waals surface area contributed by atoms with E-state index in [-0.39, 0.29) is 73.2 Å². The molecule has 17 nitrogen and oxygen atoms in total. The summed E-state index contributed by atoms with van der Waals surface area (Å²) in [6.07, 6.45) is 2.91. The van der Waals surface area contributed by atoms with Crippen molar-refractivity contribution in [3.05, 3.63) is 135 Å². The number of ether oxygens (including phenoxy) is 3. The molecule has 0 aliphatic carbocycles. The molecule has 0 saturated carbocycles. The Kier molecular flexibility index (Phi) is 16.6. The molecule has 1 fully saturated rings. The minimum atomic E-state index is -0.740. The zero-order valence-electron chi connectivity index (χ0n) is 38.0. The third kappa shape index (κ3) is 12.2. The second kappa shape index (κ2) is 23.5. The topological polar surface area (TPSA) is 215 Å². The molecule has 0 radical (unpaired) electrons. The van der Waals surface area contributed by atoms with Gasteiger partial charge in [-0.1, -0.05) is 29.8 Å². The number of hydrogen-bond acceptors (Lipinski definition) is 13. The van der Waals surface area contributed by atoms with Gasteiger partial charge in [0.2, 0.25) is 23.7 Å². The highest BCUT2D eigenvalue weighted by molar-refractivity contribution is 6.31. The lowest BCUT2D eigenvalue weighted by Gasteiger charge is -2.29. The highest BCUT2D eigenvalue weighted by Gasteiger charge is 2.40. The van der Waals surface area contributed by atoms with Gasteiger partial charge < -0.3 is 40.4 Å². The maximum Gasteiger partial charge on any atom is 0.255 e. The van der Waals surface area contributed by atoms with Gasteiger partial charge in [-0.05, 0) is 80.1 Å². The summed E-state index contributed by atoms with van der Waals surface area (Å²) in [5, 5.41) is 14.8. The van der Waals surface area contributed by atoms with Gasteiger partial charge in [-0.25, -0.2) is 18.7 Å².